The van der Waals surface area contributed by atoms with Crippen molar-refractivity contribution in [3.63, 3.8) is 0 Å². The molecular weight excluding hydrogens is 436 g/mol. The van der Waals surface area contributed by atoms with Crippen LogP contribution >= 0.6 is 0 Å². The number of esters is 1. The fraction of sp³-hybridized carbons (Fsp3) is 0.273. The van der Waals surface area contributed by atoms with Crippen molar-refractivity contribution in [2.24, 2.45) is 0 Å². The third-order valence-electron chi connectivity index (χ3n) is 5.20. The van der Waals surface area contributed by atoms with Crippen LogP contribution in [-0.4, -0.2) is 57.5 Å². The molecule has 10 heteroatoms. The van der Waals surface area contributed by atoms with Crippen molar-refractivity contribution in [2.75, 3.05) is 30.9 Å². The zero-order valence-corrected chi connectivity index (χ0v) is 18.6. The van der Waals surface area contributed by atoms with Crippen LogP contribution in [0, 0.1) is 0 Å². The first-order chi connectivity index (χ1) is 15.2. The molecule has 0 amide bonds. The molecule has 0 saturated heterocycles. The number of carbonyl (C=O) groups is 2. The minimum atomic E-state index is -3.85. The Kier molecular flexibility index (Phi) is 5.55. The molecule has 2 heterocycles. The van der Waals surface area contributed by atoms with Gasteiger partial charge in [0.25, 0.3) is 5.91 Å². The van der Waals surface area contributed by atoms with Crippen molar-refractivity contribution in [3.05, 3.63) is 54.2 Å². The largest absolute Gasteiger partial charge is 0.486 e. The predicted molar refractivity (Wildman–Crippen MR) is 118 cm³/mol. The van der Waals surface area contributed by atoms with Gasteiger partial charge in [0.2, 0.25) is 10.0 Å². The monoisotopic (exact) mass is 458 g/mol. The van der Waals surface area contributed by atoms with Gasteiger partial charge in [-0.3, -0.25) is 13.7 Å². The summed E-state index contributed by atoms with van der Waals surface area (Å²) in [6.07, 6.45) is 2.40. The highest BCUT2D eigenvalue weighted by molar-refractivity contribution is 7.92. The van der Waals surface area contributed by atoms with Gasteiger partial charge in [0.05, 0.1) is 30.1 Å². The van der Waals surface area contributed by atoms with Gasteiger partial charge in [0.1, 0.15) is 19.3 Å². The summed E-state index contributed by atoms with van der Waals surface area (Å²) in [5.41, 5.74) is 0.955. The smallest absolute Gasteiger partial charge is 0.340 e. The number of benzene rings is 2. The van der Waals surface area contributed by atoms with Crippen LogP contribution in [0.5, 0.6) is 11.5 Å². The fourth-order valence-corrected chi connectivity index (χ4v) is 4.97. The molecule has 0 spiro atoms. The molecule has 1 aliphatic heterocycles. The molecule has 0 bridgehead atoms. The van der Waals surface area contributed by atoms with Crippen molar-refractivity contribution in [1.82, 2.24) is 4.57 Å². The maximum absolute atomic E-state index is 13.5. The predicted octanol–water partition coefficient (Wildman–Crippen LogP) is 2.69. The number of methoxy groups -OCH3 is 1. The quantitative estimate of drug-likeness (QED) is 0.542. The van der Waals surface area contributed by atoms with E-state index in [1.54, 1.807) is 36.4 Å². The summed E-state index contributed by atoms with van der Waals surface area (Å²) in [7, 11) is -2.60. The second-order valence-corrected chi connectivity index (χ2v) is 9.18. The molecule has 9 nitrogen and oxygen atoms in total. The number of anilines is 1. The Morgan fingerprint density at radius 3 is 2.47 bits per heavy atom. The lowest BCUT2D eigenvalue weighted by molar-refractivity contribution is 0.0603. The Hall–Kier alpha value is -3.53. The molecule has 168 valence electrons. The van der Waals surface area contributed by atoms with Crippen LogP contribution in [0.25, 0.3) is 10.9 Å². The van der Waals surface area contributed by atoms with E-state index in [0.29, 0.717) is 35.6 Å². The number of nitrogens with zero attached hydrogens (tertiary/aromatic N) is 2. The SMILES string of the molecule is COC(=O)c1cn(C(=O)[C@@H](C)N(c2ccc3c(c2)OCCO3)S(C)(=O)=O)c2ccccc12. The molecule has 1 atom stereocenters. The summed E-state index contributed by atoms with van der Waals surface area (Å²) < 4.78 is 43.6. The Bertz CT molecular complexity index is 1310. The van der Waals surface area contributed by atoms with Crippen molar-refractivity contribution in [2.45, 2.75) is 13.0 Å². The van der Waals surface area contributed by atoms with Crippen LogP contribution < -0.4 is 13.8 Å². The van der Waals surface area contributed by atoms with Crippen LogP contribution in [0.3, 0.4) is 0 Å². The Morgan fingerprint density at radius 1 is 1.09 bits per heavy atom. The molecule has 0 unspecified atom stereocenters. The number of ether oxygens (including phenoxy) is 3. The van der Waals surface area contributed by atoms with E-state index in [1.807, 2.05) is 0 Å². The Balaban J connectivity index is 1.78. The van der Waals surface area contributed by atoms with E-state index >= 15 is 0 Å². The highest BCUT2D eigenvalue weighted by atomic mass is 32.2. The van der Waals surface area contributed by atoms with Crippen LogP contribution in [0.1, 0.15) is 22.1 Å². The topological polar surface area (TPSA) is 104 Å². The molecule has 4 rings (SSSR count). The lowest BCUT2D eigenvalue weighted by atomic mass is 10.2. The van der Waals surface area contributed by atoms with Crippen LogP contribution in [0.15, 0.2) is 48.7 Å². The summed E-state index contributed by atoms with van der Waals surface area (Å²) in [6, 6.07) is 10.4. The third kappa shape index (κ3) is 3.77. The fourth-order valence-electron chi connectivity index (χ4n) is 3.81. The van der Waals surface area contributed by atoms with E-state index in [0.717, 1.165) is 10.6 Å². The van der Waals surface area contributed by atoms with E-state index in [4.69, 9.17) is 14.2 Å². The van der Waals surface area contributed by atoms with E-state index in [-0.39, 0.29) is 11.3 Å². The summed E-state index contributed by atoms with van der Waals surface area (Å²) in [4.78, 5) is 25.7. The van der Waals surface area contributed by atoms with Gasteiger partial charge in [-0.1, -0.05) is 18.2 Å². The molecule has 1 aliphatic rings. The number of hydrogen-bond acceptors (Lipinski definition) is 7. The number of aromatic nitrogens is 1. The van der Waals surface area contributed by atoms with Crippen LogP contribution in [0.2, 0.25) is 0 Å². The zero-order chi connectivity index (χ0) is 23.0. The number of hydrogen-bond donors (Lipinski definition) is 0. The number of para-hydroxylation sites is 1. The van der Waals surface area contributed by atoms with Crippen molar-refractivity contribution in [1.29, 1.82) is 0 Å². The van der Waals surface area contributed by atoms with Gasteiger partial charge in [-0.2, -0.15) is 0 Å². The number of fused-ring (bicyclic) bond motifs is 2. The molecule has 0 fully saturated rings. The Morgan fingerprint density at radius 2 is 1.78 bits per heavy atom. The maximum atomic E-state index is 13.5. The first-order valence-electron chi connectivity index (χ1n) is 9.84. The van der Waals surface area contributed by atoms with Crippen molar-refractivity contribution < 1.29 is 32.2 Å². The highest BCUT2D eigenvalue weighted by Gasteiger charge is 2.32. The average molecular weight is 458 g/mol. The zero-order valence-electron chi connectivity index (χ0n) is 17.8. The standard InChI is InChI=1S/C22H22N2O7S/c1-14(21(25)23-13-17(22(26)29-2)16-6-4-5-7-18(16)23)24(32(3,27)28)15-8-9-19-20(12-15)31-11-10-30-19/h4-9,12-14H,10-11H2,1-3H3/t14-/m1/s1. The molecule has 0 radical (unpaired) electrons. The minimum absolute atomic E-state index is 0.217. The van der Waals surface area contributed by atoms with Gasteiger partial charge in [0, 0.05) is 17.6 Å². The summed E-state index contributed by atoms with van der Waals surface area (Å²) >= 11 is 0. The lowest BCUT2D eigenvalue weighted by Gasteiger charge is -2.29. The summed E-state index contributed by atoms with van der Waals surface area (Å²) in [5, 5.41) is 0.533. The lowest BCUT2D eigenvalue weighted by Crippen LogP contribution is -2.44. The molecule has 32 heavy (non-hydrogen) atoms. The molecule has 0 N–H and O–H groups in total. The maximum Gasteiger partial charge on any atom is 0.340 e. The van der Waals surface area contributed by atoms with Gasteiger partial charge < -0.3 is 14.2 Å². The second-order valence-electron chi connectivity index (χ2n) is 7.32. The molecule has 0 saturated carbocycles. The average Bonchev–Trinajstić information content (AvgIpc) is 3.17. The van der Waals surface area contributed by atoms with E-state index < -0.39 is 27.9 Å². The summed E-state index contributed by atoms with van der Waals surface area (Å²) in [6.45, 7) is 2.24. The van der Waals surface area contributed by atoms with Crippen LogP contribution in [0.4, 0.5) is 5.69 Å². The molecular formula is C22H22N2O7S. The molecule has 1 aromatic heterocycles. The van der Waals surface area contributed by atoms with Gasteiger partial charge in [-0.05, 0) is 25.1 Å². The van der Waals surface area contributed by atoms with E-state index in [1.165, 1.54) is 30.9 Å². The van der Waals surface area contributed by atoms with Gasteiger partial charge in [-0.15, -0.1) is 0 Å². The first-order valence-corrected chi connectivity index (χ1v) is 11.7. The molecule has 0 aliphatic carbocycles. The van der Waals surface area contributed by atoms with E-state index in [2.05, 4.69) is 0 Å². The normalized spacial score (nSPS) is 14.1. The van der Waals surface area contributed by atoms with Crippen molar-refractivity contribution >= 4 is 38.5 Å². The number of sulfonamides is 1. The third-order valence-corrected chi connectivity index (χ3v) is 6.44. The number of rotatable bonds is 5. The molecule has 3 aromatic rings. The number of carbonyl (C=O) groups excluding carboxylic acids is 2. The first kappa shape index (κ1) is 21.7. The Labute approximate surface area is 185 Å². The highest BCUT2D eigenvalue weighted by Crippen LogP contribution is 2.35. The van der Waals surface area contributed by atoms with E-state index in [9.17, 15) is 18.0 Å². The van der Waals surface area contributed by atoms with Gasteiger partial charge in [-0.25, -0.2) is 13.2 Å². The molecule has 2 aromatic carbocycles. The van der Waals surface area contributed by atoms with Crippen LogP contribution in [-0.2, 0) is 14.8 Å². The second kappa shape index (κ2) is 8.19. The summed E-state index contributed by atoms with van der Waals surface area (Å²) in [5.74, 6) is -0.211. The van der Waals surface area contributed by atoms with Gasteiger partial charge in [0.15, 0.2) is 11.5 Å². The minimum Gasteiger partial charge on any atom is -0.486 e. The van der Waals surface area contributed by atoms with Crippen molar-refractivity contribution in [3.8, 4) is 11.5 Å². The van der Waals surface area contributed by atoms with Gasteiger partial charge >= 0.3 is 5.97 Å².